The molecular formula is C22H17BrCl2N2O3S. The maximum absolute atomic E-state index is 12.4. The molecule has 0 spiro atoms. The van der Waals surface area contributed by atoms with Crippen LogP contribution in [0.2, 0.25) is 10.0 Å². The second kappa shape index (κ2) is 8.90. The van der Waals surface area contributed by atoms with E-state index in [0.717, 1.165) is 4.47 Å². The van der Waals surface area contributed by atoms with Crippen molar-refractivity contribution in [3.63, 3.8) is 0 Å². The van der Waals surface area contributed by atoms with Gasteiger partial charge in [-0.25, -0.2) is 8.42 Å². The van der Waals surface area contributed by atoms with Gasteiger partial charge in [0.25, 0.3) is 0 Å². The van der Waals surface area contributed by atoms with Gasteiger partial charge in [0.05, 0.1) is 26.6 Å². The number of sulfone groups is 1. The Bertz CT molecular complexity index is 1220. The molecule has 31 heavy (non-hydrogen) atoms. The second-order valence-corrected chi connectivity index (χ2v) is 11.2. The molecule has 1 aliphatic rings. The van der Waals surface area contributed by atoms with Crippen molar-refractivity contribution in [1.29, 1.82) is 0 Å². The number of halogens is 3. The van der Waals surface area contributed by atoms with E-state index < -0.39 is 9.84 Å². The molecule has 0 radical (unpaired) electrons. The topological polar surface area (TPSA) is 76.1 Å². The molecule has 1 fully saturated rings. The predicted molar refractivity (Wildman–Crippen MR) is 126 cm³/mol. The number of aromatic nitrogens is 1. The third-order valence-electron chi connectivity index (χ3n) is 4.89. The average Bonchev–Trinajstić information content (AvgIpc) is 3.55. The molecule has 9 heteroatoms. The molecule has 0 unspecified atom stereocenters. The number of amides is 1. The van der Waals surface area contributed by atoms with Crippen LogP contribution in [0.4, 0.5) is 5.69 Å². The van der Waals surface area contributed by atoms with E-state index in [4.69, 9.17) is 23.2 Å². The van der Waals surface area contributed by atoms with Crippen molar-refractivity contribution in [1.82, 2.24) is 4.98 Å². The van der Waals surface area contributed by atoms with Crippen LogP contribution in [-0.4, -0.2) is 24.6 Å². The first-order valence-electron chi connectivity index (χ1n) is 9.48. The van der Waals surface area contributed by atoms with Crippen molar-refractivity contribution < 1.29 is 13.2 Å². The summed E-state index contributed by atoms with van der Waals surface area (Å²) in [6.07, 6.45) is 3.17. The third-order valence-corrected chi connectivity index (χ3v) is 8.23. The summed E-state index contributed by atoms with van der Waals surface area (Å²) in [7, 11) is -3.25. The Labute approximate surface area is 198 Å². The highest BCUT2D eigenvalue weighted by atomic mass is 79.9. The van der Waals surface area contributed by atoms with E-state index >= 15 is 0 Å². The maximum atomic E-state index is 12.4. The first kappa shape index (κ1) is 22.3. The Hall–Kier alpha value is -1.93. The van der Waals surface area contributed by atoms with Gasteiger partial charge in [-0.1, -0.05) is 35.3 Å². The molecule has 1 saturated carbocycles. The smallest absolute Gasteiger partial charge is 0.230 e. The summed E-state index contributed by atoms with van der Waals surface area (Å²) in [6.45, 7) is 0. The van der Waals surface area contributed by atoms with Crippen LogP contribution < -0.4 is 5.32 Å². The summed E-state index contributed by atoms with van der Waals surface area (Å²) in [4.78, 5) is 16.8. The van der Waals surface area contributed by atoms with Gasteiger partial charge >= 0.3 is 0 Å². The summed E-state index contributed by atoms with van der Waals surface area (Å²) in [6, 6.07) is 13.4. The molecule has 4 rings (SSSR count). The minimum atomic E-state index is -3.25. The highest BCUT2D eigenvalue weighted by Gasteiger charge is 2.36. The van der Waals surface area contributed by atoms with E-state index in [2.05, 4.69) is 26.2 Å². The summed E-state index contributed by atoms with van der Waals surface area (Å²) < 4.78 is 25.6. The van der Waals surface area contributed by atoms with Crippen LogP contribution >= 0.6 is 39.1 Å². The van der Waals surface area contributed by atoms with Gasteiger partial charge in [0.1, 0.15) is 0 Å². The Kier molecular flexibility index (Phi) is 6.40. The normalized spacial score (nSPS) is 13.8. The fraction of sp³-hybridized carbons (Fsp3) is 0.182. The van der Waals surface area contributed by atoms with Crippen LogP contribution in [0.15, 0.2) is 64.1 Å². The zero-order valence-corrected chi connectivity index (χ0v) is 20.0. The van der Waals surface area contributed by atoms with Crippen LogP contribution in [0.1, 0.15) is 18.5 Å². The number of pyridine rings is 1. The molecule has 2 aromatic carbocycles. The van der Waals surface area contributed by atoms with Crippen LogP contribution in [0, 0.1) is 0 Å². The molecule has 1 aliphatic carbocycles. The van der Waals surface area contributed by atoms with Gasteiger partial charge in [0.15, 0.2) is 9.84 Å². The van der Waals surface area contributed by atoms with Gasteiger partial charge in [-0.3, -0.25) is 9.78 Å². The van der Waals surface area contributed by atoms with Gasteiger partial charge in [-0.05, 0) is 70.7 Å². The van der Waals surface area contributed by atoms with Crippen molar-refractivity contribution in [2.45, 2.75) is 29.4 Å². The van der Waals surface area contributed by atoms with Gasteiger partial charge in [-0.2, -0.15) is 0 Å². The van der Waals surface area contributed by atoms with Gasteiger partial charge < -0.3 is 5.32 Å². The maximum Gasteiger partial charge on any atom is 0.230 e. The average molecular weight is 540 g/mol. The number of nitrogens with zero attached hydrogens (tertiary/aromatic N) is 1. The van der Waals surface area contributed by atoms with E-state index in [0.29, 0.717) is 50.3 Å². The third kappa shape index (κ3) is 5.12. The van der Waals surface area contributed by atoms with E-state index in [1.807, 2.05) is 6.07 Å². The highest BCUT2D eigenvalue weighted by Crippen LogP contribution is 2.39. The van der Waals surface area contributed by atoms with Crippen molar-refractivity contribution >= 4 is 60.6 Å². The number of hydrogen-bond donors (Lipinski definition) is 1. The molecule has 1 aromatic heterocycles. The van der Waals surface area contributed by atoms with Gasteiger partial charge in [-0.15, -0.1) is 0 Å². The largest absolute Gasteiger partial charge is 0.326 e. The summed E-state index contributed by atoms with van der Waals surface area (Å²) >= 11 is 16.2. The molecule has 5 nitrogen and oxygen atoms in total. The lowest BCUT2D eigenvalue weighted by Gasteiger charge is -2.12. The monoisotopic (exact) mass is 538 g/mol. The standard InChI is InChI=1S/C22H17BrCl2N2O3S/c23-14-3-4-15(26-12-14)11-21(28)27-16-9-19(24)22(20(25)10-16)13-1-5-17(6-2-13)31(29,30)18-7-8-18/h1-6,9-10,12,18H,7-8,11H2,(H,27,28). The Morgan fingerprint density at radius 2 is 1.71 bits per heavy atom. The van der Waals surface area contributed by atoms with E-state index in [1.54, 1.807) is 48.7 Å². The van der Waals surface area contributed by atoms with Crippen LogP contribution in [0.3, 0.4) is 0 Å². The quantitative estimate of drug-likeness (QED) is 0.421. The van der Waals surface area contributed by atoms with Crippen LogP contribution in [0.25, 0.3) is 11.1 Å². The summed E-state index contributed by atoms with van der Waals surface area (Å²) in [5.41, 5.74) is 2.37. The number of nitrogens with one attached hydrogen (secondary N) is 1. The number of carbonyl (C=O) groups excluding carboxylic acids is 1. The number of hydrogen-bond acceptors (Lipinski definition) is 4. The summed E-state index contributed by atoms with van der Waals surface area (Å²) in [5, 5.41) is 3.21. The lowest BCUT2D eigenvalue weighted by Crippen LogP contribution is -2.15. The molecule has 0 atom stereocenters. The fourth-order valence-electron chi connectivity index (χ4n) is 3.18. The van der Waals surface area contributed by atoms with Crippen LogP contribution in [-0.2, 0) is 21.1 Å². The number of anilines is 1. The molecule has 0 saturated heterocycles. The first-order chi connectivity index (χ1) is 14.7. The minimum Gasteiger partial charge on any atom is -0.326 e. The van der Waals surface area contributed by atoms with Crippen LogP contribution in [0.5, 0.6) is 0 Å². The Morgan fingerprint density at radius 3 is 2.26 bits per heavy atom. The SMILES string of the molecule is O=C(Cc1ccc(Br)cn1)Nc1cc(Cl)c(-c2ccc(S(=O)(=O)C3CC3)cc2)c(Cl)c1. The highest BCUT2D eigenvalue weighted by molar-refractivity contribution is 9.10. The molecule has 0 bridgehead atoms. The summed E-state index contributed by atoms with van der Waals surface area (Å²) in [5.74, 6) is -0.246. The van der Waals surface area contributed by atoms with E-state index in [9.17, 15) is 13.2 Å². The van der Waals surface area contributed by atoms with E-state index in [-0.39, 0.29) is 17.6 Å². The Balaban J connectivity index is 1.51. The number of carbonyl (C=O) groups is 1. The predicted octanol–water partition coefficient (Wildman–Crippen LogP) is 5.94. The molecule has 1 N–H and O–H groups in total. The van der Waals surface area contributed by atoms with Crippen molar-refractivity contribution in [3.8, 4) is 11.1 Å². The van der Waals surface area contributed by atoms with Gasteiger partial charge in [0, 0.05) is 27.6 Å². The molecule has 160 valence electrons. The zero-order chi connectivity index (χ0) is 22.2. The number of benzene rings is 2. The van der Waals surface area contributed by atoms with Crippen molar-refractivity contribution in [2.24, 2.45) is 0 Å². The lowest BCUT2D eigenvalue weighted by atomic mass is 10.0. The molecule has 1 heterocycles. The van der Waals surface area contributed by atoms with Crippen molar-refractivity contribution in [3.05, 3.63) is 74.9 Å². The van der Waals surface area contributed by atoms with E-state index in [1.165, 1.54) is 0 Å². The minimum absolute atomic E-state index is 0.112. The lowest BCUT2D eigenvalue weighted by molar-refractivity contribution is -0.115. The molecule has 1 amide bonds. The zero-order valence-electron chi connectivity index (χ0n) is 16.1. The van der Waals surface area contributed by atoms with Gasteiger partial charge in [0.2, 0.25) is 5.91 Å². The van der Waals surface area contributed by atoms with Crippen molar-refractivity contribution in [2.75, 3.05) is 5.32 Å². The Morgan fingerprint density at radius 1 is 1.06 bits per heavy atom. The molecule has 0 aliphatic heterocycles. The fourth-order valence-corrected chi connectivity index (χ4v) is 5.78. The number of rotatable bonds is 6. The molecular weight excluding hydrogens is 523 g/mol. The molecule has 3 aromatic rings. The first-order valence-corrected chi connectivity index (χ1v) is 12.6. The second-order valence-electron chi connectivity index (χ2n) is 7.28.